The molecule has 0 bridgehead atoms. The molecule has 1 aromatic carbocycles. The molecular formula is C13H16FNO3. The summed E-state index contributed by atoms with van der Waals surface area (Å²) in [4.78, 5) is 21.8. The summed E-state index contributed by atoms with van der Waals surface area (Å²) < 4.78 is 13.0. The number of hydrogen-bond donors (Lipinski definition) is 2. The molecule has 0 aliphatic rings. The van der Waals surface area contributed by atoms with Gasteiger partial charge in [0.25, 0.3) is 0 Å². The van der Waals surface area contributed by atoms with E-state index in [-0.39, 0.29) is 37.0 Å². The molecule has 0 radical (unpaired) electrons. The van der Waals surface area contributed by atoms with Gasteiger partial charge in [-0.2, -0.15) is 0 Å². The van der Waals surface area contributed by atoms with E-state index in [1.54, 1.807) is 12.1 Å². The number of amides is 1. The Morgan fingerprint density at radius 3 is 2.78 bits per heavy atom. The molecule has 1 unspecified atom stereocenters. The van der Waals surface area contributed by atoms with Crippen molar-refractivity contribution in [1.29, 1.82) is 0 Å². The second-order valence-corrected chi connectivity index (χ2v) is 4.15. The molecule has 18 heavy (non-hydrogen) atoms. The Balaban J connectivity index is 2.42. The van der Waals surface area contributed by atoms with E-state index < -0.39 is 5.97 Å². The minimum atomic E-state index is -0.950. The molecule has 0 fully saturated rings. The van der Waals surface area contributed by atoms with Crippen LogP contribution in [-0.2, 0) is 9.59 Å². The molecule has 2 N–H and O–H groups in total. The highest BCUT2D eigenvalue weighted by Gasteiger charge is 2.11. The number of aliphatic carboxylic acids is 1. The van der Waals surface area contributed by atoms with Crippen molar-refractivity contribution >= 4 is 11.9 Å². The molecule has 0 aliphatic heterocycles. The van der Waals surface area contributed by atoms with Crippen LogP contribution in [0.3, 0.4) is 0 Å². The zero-order valence-corrected chi connectivity index (χ0v) is 10.1. The smallest absolute Gasteiger partial charge is 0.305 e. The topological polar surface area (TPSA) is 66.4 Å². The highest BCUT2D eigenvalue weighted by atomic mass is 19.1. The SMILES string of the molecule is CC(CC(=O)NCCC(=O)O)c1cccc(F)c1. The maximum Gasteiger partial charge on any atom is 0.305 e. The molecule has 4 nitrogen and oxygen atoms in total. The van der Waals surface area contributed by atoms with Crippen molar-refractivity contribution in [2.75, 3.05) is 6.54 Å². The molecule has 5 heteroatoms. The second-order valence-electron chi connectivity index (χ2n) is 4.15. The van der Waals surface area contributed by atoms with Crippen molar-refractivity contribution in [3.8, 4) is 0 Å². The quantitative estimate of drug-likeness (QED) is 0.813. The van der Waals surface area contributed by atoms with Gasteiger partial charge in [-0.1, -0.05) is 19.1 Å². The summed E-state index contributed by atoms with van der Waals surface area (Å²) >= 11 is 0. The lowest BCUT2D eigenvalue weighted by molar-refractivity contribution is -0.136. The van der Waals surface area contributed by atoms with Crippen LogP contribution in [0.4, 0.5) is 4.39 Å². The van der Waals surface area contributed by atoms with Gasteiger partial charge in [0.2, 0.25) is 5.91 Å². The summed E-state index contributed by atoms with van der Waals surface area (Å²) in [6.07, 6.45) is 0.114. The second kappa shape index (κ2) is 6.74. The minimum Gasteiger partial charge on any atom is -0.481 e. The average Bonchev–Trinajstić information content (AvgIpc) is 2.28. The van der Waals surface area contributed by atoms with E-state index in [1.807, 2.05) is 6.92 Å². The first kappa shape index (κ1) is 14.2. The standard InChI is InChI=1S/C13H16FNO3/c1-9(10-3-2-4-11(14)8-10)7-12(16)15-6-5-13(17)18/h2-4,8-9H,5-7H2,1H3,(H,15,16)(H,17,18). The molecule has 98 valence electrons. The lowest BCUT2D eigenvalue weighted by Gasteiger charge is -2.11. The van der Waals surface area contributed by atoms with Crippen LogP contribution in [0.5, 0.6) is 0 Å². The third kappa shape index (κ3) is 4.95. The van der Waals surface area contributed by atoms with Crippen molar-refractivity contribution in [1.82, 2.24) is 5.32 Å². The highest BCUT2D eigenvalue weighted by Crippen LogP contribution is 2.19. The van der Waals surface area contributed by atoms with E-state index in [9.17, 15) is 14.0 Å². The Labute approximate surface area is 105 Å². The molecule has 0 aliphatic carbocycles. The summed E-state index contributed by atoms with van der Waals surface area (Å²) in [7, 11) is 0. The maximum atomic E-state index is 13.0. The number of benzene rings is 1. The molecule has 1 rings (SSSR count). The third-order valence-electron chi connectivity index (χ3n) is 2.57. The van der Waals surface area contributed by atoms with Gasteiger partial charge in [-0.15, -0.1) is 0 Å². The first-order chi connectivity index (χ1) is 8.49. The Bertz CT molecular complexity index is 434. The zero-order chi connectivity index (χ0) is 13.5. The molecule has 0 saturated carbocycles. The van der Waals surface area contributed by atoms with Gasteiger partial charge in [0, 0.05) is 13.0 Å². The number of carboxylic acid groups (broad SMARTS) is 1. The minimum absolute atomic E-state index is 0.0971. The number of hydrogen-bond acceptors (Lipinski definition) is 2. The van der Waals surface area contributed by atoms with Crippen LogP contribution in [0.2, 0.25) is 0 Å². The van der Waals surface area contributed by atoms with Gasteiger partial charge in [-0.05, 0) is 23.6 Å². The third-order valence-corrected chi connectivity index (χ3v) is 2.57. The predicted octanol–water partition coefficient (Wildman–Crippen LogP) is 1.91. The predicted molar refractivity (Wildman–Crippen MR) is 64.7 cm³/mol. The van der Waals surface area contributed by atoms with Crippen LogP contribution in [-0.4, -0.2) is 23.5 Å². The van der Waals surface area contributed by atoms with Gasteiger partial charge in [0.1, 0.15) is 5.82 Å². The maximum absolute atomic E-state index is 13.0. The van der Waals surface area contributed by atoms with Crippen LogP contribution >= 0.6 is 0 Å². The Hall–Kier alpha value is -1.91. The number of carbonyl (C=O) groups is 2. The first-order valence-electron chi connectivity index (χ1n) is 5.73. The molecule has 0 heterocycles. The summed E-state index contributed by atoms with van der Waals surface area (Å²) in [5.74, 6) is -1.61. The number of halogens is 1. The van der Waals surface area contributed by atoms with Gasteiger partial charge >= 0.3 is 5.97 Å². The lowest BCUT2D eigenvalue weighted by Crippen LogP contribution is -2.26. The molecule has 0 aromatic heterocycles. The Morgan fingerprint density at radius 2 is 2.17 bits per heavy atom. The summed E-state index contributed by atoms with van der Waals surface area (Å²) in [5.41, 5.74) is 0.753. The molecule has 1 atom stereocenters. The highest BCUT2D eigenvalue weighted by molar-refractivity contribution is 5.77. The van der Waals surface area contributed by atoms with Crippen LogP contribution in [0, 0.1) is 5.82 Å². The van der Waals surface area contributed by atoms with E-state index in [2.05, 4.69) is 5.32 Å². The van der Waals surface area contributed by atoms with Gasteiger partial charge in [-0.25, -0.2) is 4.39 Å². The van der Waals surface area contributed by atoms with Crippen molar-refractivity contribution in [2.24, 2.45) is 0 Å². The molecule has 0 saturated heterocycles. The van der Waals surface area contributed by atoms with Gasteiger partial charge in [-0.3, -0.25) is 9.59 Å². The monoisotopic (exact) mass is 253 g/mol. The number of carbonyl (C=O) groups excluding carboxylic acids is 1. The first-order valence-corrected chi connectivity index (χ1v) is 5.73. The molecule has 1 aromatic rings. The van der Waals surface area contributed by atoms with E-state index in [1.165, 1.54) is 12.1 Å². The number of rotatable bonds is 6. The van der Waals surface area contributed by atoms with Crippen molar-refractivity contribution in [3.05, 3.63) is 35.6 Å². The van der Waals surface area contributed by atoms with Crippen LogP contribution < -0.4 is 5.32 Å². The van der Waals surface area contributed by atoms with Crippen LogP contribution in [0.1, 0.15) is 31.2 Å². The van der Waals surface area contributed by atoms with Gasteiger partial charge < -0.3 is 10.4 Å². The number of carboxylic acids is 1. The van der Waals surface area contributed by atoms with E-state index in [4.69, 9.17) is 5.11 Å². The van der Waals surface area contributed by atoms with Gasteiger partial charge in [0.05, 0.1) is 6.42 Å². The summed E-state index contributed by atoms with van der Waals surface area (Å²) in [6.45, 7) is 1.94. The summed E-state index contributed by atoms with van der Waals surface area (Å²) in [6, 6.07) is 6.11. The van der Waals surface area contributed by atoms with Crippen molar-refractivity contribution in [2.45, 2.75) is 25.7 Å². The van der Waals surface area contributed by atoms with Crippen LogP contribution in [0.15, 0.2) is 24.3 Å². The van der Waals surface area contributed by atoms with Crippen molar-refractivity contribution in [3.63, 3.8) is 0 Å². The fourth-order valence-electron chi connectivity index (χ4n) is 1.59. The fraction of sp³-hybridized carbons (Fsp3) is 0.385. The van der Waals surface area contributed by atoms with Crippen molar-refractivity contribution < 1.29 is 19.1 Å². The zero-order valence-electron chi connectivity index (χ0n) is 10.1. The van der Waals surface area contributed by atoms with E-state index in [0.717, 1.165) is 5.56 Å². The molecule has 1 amide bonds. The molecular weight excluding hydrogens is 237 g/mol. The summed E-state index contributed by atoms with van der Waals surface area (Å²) in [5, 5.41) is 10.9. The molecule has 0 spiro atoms. The Morgan fingerprint density at radius 1 is 1.44 bits per heavy atom. The lowest BCUT2D eigenvalue weighted by atomic mass is 9.97. The van der Waals surface area contributed by atoms with E-state index >= 15 is 0 Å². The average molecular weight is 253 g/mol. The Kier molecular flexibility index (Phi) is 5.30. The largest absolute Gasteiger partial charge is 0.481 e. The van der Waals surface area contributed by atoms with Crippen LogP contribution in [0.25, 0.3) is 0 Å². The fourth-order valence-corrected chi connectivity index (χ4v) is 1.59. The normalized spacial score (nSPS) is 11.9. The number of nitrogens with one attached hydrogen (secondary N) is 1. The van der Waals surface area contributed by atoms with Gasteiger partial charge in [0.15, 0.2) is 0 Å². The van der Waals surface area contributed by atoms with E-state index in [0.29, 0.717) is 0 Å².